The molecule has 0 saturated carbocycles. The molecule has 2 aromatic rings. The second-order valence-corrected chi connectivity index (χ2v) is 7.44. The highest BCUT2D eigenvalue weighted by molar-refractivity contribution is 6.32. The molecule has 0 atom stereocenters. The van der Waals surface area contributed by atoms with Crippen molar-refractivity contribution in [1.29, 1.82) is 5.26 Å². The van der Waals surface area contributed by atoms with E-state index in [9.17, 15) is 26.7 Å². The first-order chi connectivity index (χ1) is 14.5. The van der Waals surface area contributed by atoms with Gasteiger partial charge in [-0.2, -0.15) is 18.4 Å². The summed E-state index contributed by atoms with van der Waals surface area (Å²) in [5.74, 6) is -4.15. The van der Waals surface area contributed by atoms with Gasteiger partial charge in [0, 0.05) is 31.6 Å². The van der Waals surface area contributed by atoms with Crippen LogP contribution in [0.2, 0.25) is 5.02 Å². The van der Waals surface area contributed by atoms with E-state index in [1.165, 1.54) is 29.2 Å². The van der Waals surface area contributed by atoms with Crippen molar-refractivity contribution in [2.75, 3.05) is 23.3 Å². The number of pyridine rings is 1. The predicted octanol–water partition coefficient (Wildman–Crippen LogP) is 5.50. The normalized spacial score (nSPS) is 16.4. The highest BCUT2D eigenvalue weighted by Crippen LogP contribution is 2.38. The van der Waals surface area contributed by atoms with Gasteiger partial charge in [-0.1, -0.05) is 17.7 Å². The molecule has 1 aromatic heterocycles. The van der Waals surface area contributed by atoms with Crippen molar-refractivity contribution < 1.29 is 26.7 Å². The first kappa shape index (κ1) is 22.7. The lowest BCUT2D eigenvalue weighted by atomic mass is 10.1. The van der Waals surface area contributed by atoms with Crippen molar-refractivity contribution in [3.05, 3.63) is 52.2 Å². The zero-order chi connectivity index (χ0) is 22.8. The summed E-state index contributed by atoms with van der Waals surface area (Å²) in [6.45, 7) is -0.269. The topological polar surface area (TPSA) is 69.0 Å². The Kier molecular flexibility index (Phi) is 6.36. The number of nitriles is 1. The summed E-state index contributed by atoms with van der Waals surface area (Å²) in [4.78, 5) is 17.7. The molecule has 1 N–H and O–H groups in total. The van der Waals surface area contributed by atoms with Gasteiger partial charge in [-0.25, -0.2) is 13.8 Å². The highest BCUT2D eigenvalue weighted by atomic mass is 35.5. The molecule has 11 heteroatoms. The number of hydrogen-bond acceptors (Lipinski definition) is 4. The maximum Gasteiger partial charge on any atom is 0.434 e. The Hall–Kier alpha value is -2.93. The van der Waals surface area contributed by atoms with Crippen LogP contribution in [0.15, 0.2) is 30.3 Å². The van der Waals surface area contributed by atoms with Gasteiger partial charge < -0.3 is 10.2 Å². The lowest BCUT2D eigenvalue weighted by Gasteiger charge is -2.25. The summed E-state index contributed by atoms with van der Waals surface area (Å²) in [6, 6.07) is 8.63. The van der Waals surface area contributed by atoms with Crippen molar-refractivity contribution in [2.45, 2.75) is 31.4 Å². The summed E-state index contributed by atoms with van der Waals surface area (Å²) in [6.07, 6.45) is -5.86. The predicted molar refractivity (Wildman–Crippen MR) is 104 cm³/mol. The highest BCUT2D eigenvalue weighted by Gasteiger charge is 2.38. The standard InChI is InChI=1S/C20H16ClF5N4O/c21-15-10-14(18(31)28-13-4-1-3-12(9-13)11-27)17(29-16(15)20(24,25)26)30-7-2-5-19(22,23)6-8-30/h1,3-4,9-10H,2,5-8H2,(H,28,31). The molecule has 164 valence electrons. The average Bonchev–Trinajstić information content (AvgIpc) is 2.87. The number of anilines is 2. The van der Waals surface area contributed by atoms with Gasteiger partial charge in [0.05, 0.1) is 22.2 Å². The maximum absolute atomic E-state index is 13.8. The summed E-state index contributed by atoms with van der Waals surface area (Å²) < 4.78 is 67.5. The molecule has 0 bridgehead atoms. The Balaban J connectivity index is 2.02. The van der Waals surface area contributed by atoms with Crippen molar-refractivity contribution in [1.82, 2.24) is 4.98 Å². The second-order valence-electron chi connectivity index (χ2n) is 7.03. The number of nitrogens with one attached hydrogen (secondary N) is 1. The first-order valence-corrected chi connectivity index (χ1v) is 9.60. The fourth-order valence-corrected chi connectivity index (χ4v) is 3.49. The average molecular weight is 459 g/mol. The van der Waals surface area contributed by atoms with E-state index in [4.69, 9.17) is 16.9 Å². The van der Waals surface area contributed by atoms with Crippen LogP contribution in [0.1, 0.15) is 40.9 Å². The number of benzene rings is 1. The Bertz CT molecular complexity index is 1040. The molecule has 0 spiro atoms. The quantitative estimate of drug-likeness (QED) is 0.616. The Morgan fingerprint density at radius 1 is 1.23 bits per heavy atom. The molecule has 0 radical (unpaired) electrons. The number of nitrogens with zero attached hydrogens (tertiary/aromatic N) is 3. The molecular weight excluding hydrogens is 443 g/mol. The number of hydrogen-bond donors (Lipinski definition) is 1. The number of alkyl halides is 5. The lowest BCUT2D eigenvalue weighted by Crippen LogP contribution is -2.30. The monoisotopic (exact) mass is 458 g/mol. The van der Waals surface area contributed by atoms with Crippen LogP contribution in [0.4, 0.5) is 33.5 Å². The fourth-order valence-electron chi connectivity index (χ4n) is 3.23. The summed E-state index contributed by atoms with van der Waals surface area (Å²) >= 11 is 5.75. The molecule has 2 heterocycles. The molecule has 1 saturated heterocycles. The van der Waals surface area contributed by atoms with Crippen molar-refractivity contribution >= 4 is 29.0 Å². The van der Waals surface area contributed by atoms with E-state index in [0.717, 1.165) is 6.07 Å². The van der Waals surface area contributed by atoms with Gasteiger partial charge in [-0.05, 0) is 30.7 Å². The molecule has 1 amide bonds. The van der Waals surface area contributed by atoms with Crippen LogP contribution in [0.3, 0.4) is 0 Å². The molecular formula is C20H16ClF5N4O. The molecule has 1 fully saturated rings. The third-order valence-electron chi connectivity index (χ3n) is 4.74. The summed E-state index contributed by atoms with van der Waals surface area (Å²) in [7, 11) is 0. The van der Waals surface area contributed by atoms with Crippen LogP contribution in [0.25, 0.3) is 0 Å². The zero-order valence-electron chi connectivity index (χ0n) is 15.9. The van der Waals surface area contributed by atoms with Gasteiger partial charge in [0.2, 0.25) is 5.92 Å². The summed E-state index contributed by atoms with van der Waals surface area (Å²) in [5, 5.41) is 10.7. The number of halogens is 6. The van der Waals surface area contributed by atoms with Gasteiger partial charge in [-0.3, -0.25) is 4.79 Å². The molecule has 1 aliphatic heterocycles. The minimum absolute atomic E-state index is 0.00567. The van der Waals surface area contributed by atoms with E-state index in [-0.39, 0.29) is 42.1 Å². The van der Waals surface area contributed by atoms with Gasteiger partial charge in [0.25, 0.3) is 5.91 Å². The maximum atomic E-state index is 13.8. The molecule has 1 aromatic carbocycles. The van der Waals surface area contributed by atoms with Crippen LogP contribution in [0.5, 0.6) is 0 Å². The number of aromatic nitrogens is 1. The van der Waals surface area contributed by atoms with E-state index >= 15 is 0 Å². The zero-order valence-corrected chi connectivity index (χ0v) is 16.7. The lowest BCUT2D eigenvalue weighted by molar-refractivity contribution is -0.141. The molecule has 1 aliphatic rings. The van der Waals surface area contributed by atoms with Gasteiger partial charge in [0.15, 0.2) is 5.69 Å². The number of carbonyl (C=O) groups excluding carboxylic acids is 1. The van der Waals surface area contributed by atoms with Crippen LogP contribution in [-0.2, 0) is 6.18 Å². The van der Waals surface area contributed by atoms with Gasteiger partial charge in [-0.15, -0.1) is 0 Å². The molecule has 31 heavy (non-hydrogen) atoms. The van der Waals surface area contributed by atoms with E-state index < -0.39 is 41.6 Å². The van der Waals surface area contributed by atoms with E-state index in [2.05, 4.69) is 10.3 Å². The Morgan fingerprint density at radius 3 is 2.65 bits per heavy atom. The smallest absolute Gasteiger partial charge is 0.356 e. The second kappa shape index (κ2) is 8.67. The van der Waals surface area contributed by atoms with Crippen molar-refractivity contribution in [2.24, 2.45) is 0 Å². The van der Waals surface area contributed by atoms with Crippen LogP contribution < -0.4 is 10.2 Å². The molecule has 0 aliphatic carbocycles. The minimum atomic E-state index is -4.89. The third-order valence-corrected chi connectivity index (χ3v) is 5.02. The number of amides is 1. The number of carbonyl (C=O) groups is 1. The Morgan fingerprint density at radius 2 is 1.97 bits per heavy atom. The van der Waals surface area contributed by atoms with Crippen LogP contribution in [0, 0.1) is 11.3 Å². The molecule has 5 nitrogen and oxygen atoms in total. The SMILES string of the molecule is N#Cc1cccc(NC(=O)c2cc(Cl)c(C(F)(F)F)nc2N2CCCC(F)(F)CC2)c1. The molecule has 0 unspecified atom stereocenters. The van der Waals surface area contributed by atoms with E-state index in [0.29, 0.717) is 0 Å². The largest absolute Gasteiger partial charge is 0.434 e. The fraction of sp³-hybridized carbons (Fsp3) is 0.350. The minimum Gasteiger partial charge on any atom is -0.356 e. The van der Waals surface area contributed by atoms with Crippen LogP contribution >= 0.6 is 11.6 Å². The molecule has 3 rings (SSSR count). The summed E-state index contributed by atoms with van der Waals surface area (Å²) in [5.41, 5.74) is -1.20. The van der Waals surface area contributed by atoms with Gasteiger partial charge in [0.1, 0.15) is 5.82 Å². The first-order valence-electron chi connectivity index (χ1n) is 9.22. The number of rotatable bonds is 3. The van der Waals surface area contributed by atoms with Gasteiger partial charge >= 0.3 is 6.18 Å². The van der Waals surface area contributed by atoms with E-state index in [1.54, 1.807) is 0 Å². The third kappa shape index (κ3) is 5.41. The Labute approximate surface area is 179 Å². The van der Waals surface area contributed by atoms with E-state index in [1.807, 2.05) is 6.07 Å². The van der Waals surface area contributed by atoms with Crippen molar-refractivity contribution in [3.63, 3.8) is 0 Å². The van der Waals surface area contributed by atoms with Crippen LogP contribution in [-0.4, -0.2) is 29.9 Å². The van der Waals surface area contributed by atoms with Crippen molar-refractivity contribution in [3.8, 4) is 6.07 Å².